The number of hydrogen-bond acceptors (Lipinski definition) is 3. The summed E-state index contributed by atoms with van der Waals surface area (Å²) < 4.78 is 3.06. The van der Waals surface area contributed by atoms with Crippen LogP contribution in [0.4, 0.5) is 0 Å². The van der Waals surface area contributed by atoms with E-state index in [1.807, 2.05) is 22.7 Å². The van der Waals surface area contributed by atoms with E-state index in [9.17, 15) is 0 Å². The van der Waals surface area contributed by atoms with Gasteiger partial charge in [-0.3, -0.25) is 4.40 Å². The molecular formula is C11H15BrN4. The SMILES string of the molecule is CC(C)NCCc1nnc2ccc(Br)cn12. The maximum atomic E-state index is 4.19. The van der Waals surface area contributed by atoms with E-state index in [0.717, 1.165) is 28.9 Å². The molecule has 4 nitrogen and oxygen atoms in total. The Hall–Kier alpha value is -0.940. The van der Waals surface area contributed by atoms with Crippen molar-refractivity contribution in [1.82, 2.24) is 19.9 Å². The number of pyridine rings is 1. The highest BCUT2D eigenvalue weighted by atomic mass is 79.9. The lowest BCUT2D eigenvalue weighted by Gasteiger charge is -2.06. The van der Waals surface area contributed by atoms with Gasteiger partial charge in [-0.1, -0.05) is 13.8 Å². The summed E-state index contributed by atoms with van der Waals surface area (Å²) in [4.78, 5) is 0. The van der Waals surface area contributed by atoms with Gasteiger partial charge in [-0.15, -0.1) is 10.2 Å². The molecule has 0 fully saturated rings. The van der Waals surface area contributed by atoms with E-state index < -0.39 is 0 Å². The van der Waals surface area contributed by atoms with E-state index in [2.05, 4.69) is 45.3 Å². The molecule has 2 rings (SSSR count). The molecule has 0 aliphatic carbocycles. The average Bonchev–Trinajstić information content (AvgIpc) is 2.60. The lowest BCUT2D eigenvalue weighted by molar-refractivity contribution is 0.581. The van der Waals surface area contributed by atoms with Crippen molar-refractivity contribution in [3.63, 3.8) is 0 Å². The second-order valence-corrected chi connectivity index (χ2v) is 4.97. The number of nitrogens with one attached hydrogen (secondary N) is 1. The molecule has 86 valence electrons. The number of halogens is 1. The van der Waals surface area contributed by atoms with Gasteiger partial charge in [0, 0.05) is 29.7 Å². The van der Waals surface area contributed by atoms with Crippen LogP contribution in [0, 0.1) is 0 Å². The Kier molecular flexibility index (Phi) is 3.56. The third-order valence-electron chi connectivity index (χ3n) is 2.34. The van der Waals surface area contributed by atoms with Crippen molar-refractivity contribution < 1.29 is 0 Å². The molecule has 0 bridgehead atoms. The Bertz CT molecular complexity index is 478. The normalized spacial score (nSPS) is 11.5. The molecule has 0 atom stereocenters. The smallest absolute Gasteiger partial charge is 0.160 e. The molecule has 2 aromatic heterocycles. The molecule has 0 unspecified atom stereocenters. The van der Waals surface area contributed by atoms with Crippen molar-refractivity contribution in [2.45, 2.75) is 26.3 Å². The van der Waals surface area contributed by atoms with Gasteiger partial charge in [-0.2, -0.15) is 0 Å². The van der Waals surface area contributed by atoms with Crippen LogP contribution >= 0.6 is 15.9 Å². The van der Waals surface area contributed by atoms with E-state index in [1.54, 1.807) is 0 Å². The van der Waals surface area contributed by atoms with Gasteiger partial charge in [-0.05, 0) is 28.1 Å². The van der Waals surface area contributed by atoms with Gasteiger partial charge in [0.05, 0.1) is 0 Å². The summed E-state index contributed by atoms with van der Waals surface area (Å²) in [7, 11) is 0. The topological polar surface area (TPSA) is 42.2 Å². The highest BCUT2D eigenvalue weighted by molar-refractivity contribution is 9.10. The second-order valence-electron chi connectivity index (χ2n) is 4.05. The fourth-order valence-corrected chi connectivity index (χ4v) is 1.89. The molecule has 0 saturated carbocycles. The minimum atomic E-state index is 0.505. The van der Waals surface area contributed by atoms with E-state index in [0.29, 0.717) is 6.04 Å². The van der Waals surface area contributed by atoms with E-state index >= 15 is 0 Å². The van der Waals surface area contributed by atoms with Crippen molar-refractivity contribution in [3.8, 4) is 0 Å². The molecule has 0 aromatic carbocycles. The summed E-state index contributed by atoms with van der Waals surface area (Å²) in [5, 5.41) is 11.7. The molecule has 1 N–H and O–H groups in total. The van der Waals surface area contributed by atoms with Crippen LogP contribution in [0.25, 0.3) is 5.65 Å². The quantitative estimate of drug-likeness (QED) is 0.933. The lowest BCUT2D eigenvalue weighted by atomic mass is 10.3. The zero-order valence-electron chi connectivity index (χ0n) is 9.44. The predicted octanol–water partition coefficient (Wildman–Crippen LogP) is 2.03. The Morgan fingerprint density at radius 3 is 2.94 bits per heavy atom. The van der Waals surface area contributed by atoms with Gasteiger partial charge in [0.25, 0.3) is 0 Å². The number of aromatic nitrogens is 3. The van der Waals surface area contributed by atoms with Crippen LogP contribution in [0.5, 0.6) is 0 Å². The van der Waals surface area contributed by atoms with Gasteiger partial charge in [0.2, 0.25) is 0 Å². The molecule has 16 heavy (non-hydrogen) atoms. The maximum Gasteiger partial charge on any atom is 0.160 e. The first kappa shape index (κ1) is 11.5. The number of nitrogens with zero attached hydrogens (tertiary/aromatic N) is 3. The Balaban J connectivity index is 2.15. The van der Waals surface area contributed by atoms with Crippen LogP contribution in [-0.4, -0.2) is 27.2 Å². The fraction of sp³-hybridized carbons (Fsp3) is 0.455. The molecule has 0 amide bonds. The summed E-state index contributed by atoms with van der Waals surface area (Å²) in [6.45, 7) is 5.20. The zero-order chi connectivity index (χ0) is 11.5. The summed E-state index contributed by atoms with van der Waals surface area (Å²) in [5.74, 6) is 0.990. The molecule has 0 aliphatic heterocycles. The third-order valence-corrected chi connectivity index (χ3v) is 2.81. The number of fused-ring (bicyclic) bond motifs is 1. The first-order valence-electron chi connectivity index (χ1n) is 5.39. The monoisotopic (exact) mass is 282 g/mol. The molecule has 2 aromatic rings. The minimum absolute atomic E-state index is 0.505. The summed E-state index contributed by atoms with van der Waals surface area (Å²) in [5.41, 5.74) is 0.891. The molecule has 5 heteroatoms. The number of rotatable bonds is 4. The van der Waals surface area contributed by atoms with Gasteiger partial charge in [-0.25, -0.2) is 0 Å². The fourth-order valence-electron chi connectivity index (χ4n) is 1.56. The van der Waals surface area contributed by atoms with Crippen LogP contribution in [0.3, 0.4) is 0 Å². The molecule has 0 radical (unpaired) electrons. The van der Waals surface area contributed by atoms with Crippen LogP contribution in [0.15, 0.2) is 22.8 Å². The largest absolute Gasteiger partial charge is 0.314 e. The van der Waals surface area contributed by atoms with Gasteiger partial charge in [0.1, 0.15) is 5.82 Å². The van der Waals surface area contributed by atoms with Crippen LogP contribution in [0.2, 0.25) is 0 Å². The van der Waals surface area contributed by atoms with Crippen molar-refractivity contribution in [2.75, 3.05) is 6.54 Å². The standard InChI is InChI=1S/C11H15BrN4/c1-8(2)13-6-5-11-15-14-10-4-3-9(12)7-16(10)11/h3-4,7-8,13H,5-6H2,1-2H3. The first-order chi connectivity index (χ1) is 7.66. The van der Waals surface area contributed by atoms with Crippen LogP contribution < -0.4 is 5.32 Å². The van der Waals surface area contributed by atoms with Gasteiger partial charge < -0.3 is 5.32 Å². The van der Waals surface area contributed by atoms with Crippen molar-refractivity contribution in [3.05, 3.63) is 28.6 Å². The van der Waals surface area contributed by atoms with Crippen molar-refractivity contribution in [2.24, 2.45) is 0 Å². The predicted molar refractivity (Wildman–Crippen MR) is 67.5 cm³/mol. The Labute approximate surface area is 103 Å². The van der Waals surface area contributed by atoms with E-state index in [1.165, 1.54) is 0 Å². The molecule has 0 spiro atoms. The lowest BCUT2D eigenvalue weighted by Crippen LogP contribution is -2.25. The molecule has 0 saturated heterocycles. The van der Waals surface area contributed by atoms with Crippen LogP contribution in [-0.2, 0) is 6.42 Å². The molecular weight excluding hydrogens is 268 g/mol. The highest BCUT2D eigenvalue weighted by Crippen LogP contribution is 2.12. The van der Waals surface area contributed by atoms with Gasteiger partial charge in [0.15, 0.2) is 5.65 Å². The van der Waals surface area contributed by atoms with E-state index in [4.69, 9.17) is 0 Å². The highest BCUT2D eigenvalue weighted by Gasteiger charge is 2.05. The number of hydrogen-bond donors (Lipinski definition) is 1. The molecule has 0 aliphatic rings. The zero-order valence-corrected chi connectivity index (χ0v) is 11.0. The summed E-state index contributed by atoms with van der Waals surface area (Å²) in [6.07, 6.45) is 2.88. The third kappa shape index (κ3) is 2.59. The van der Waals surface area contributed by atoms with Crippen molar-refractivity contribution >= 4 is 21.6 Å². The molecule has 2 heterocycles. The van der Waals surface area contributed by atoms with E-state index in [-0.39, 0.29) is 0 Å². The summed E-state index contributed by atoms with van der Waals surface area (Å²) in [6, 6.07) is 4.43. The van der Waals surface area contributed by atoms with Crippen LogP contribution in [0.1, 0.15) is 19.7 Å². The average molecular weight is 283 g/mol. The first-order valence-corrected chi connectivity index (χ1v) is 6.18. The van der Waals surface area contributed by atoms with Gasteiger partial charge >= 0.3 is 0 Å². The Morgan fingerprint density at radius 1 is 1.38 bits per heavy atom. The van der Waals surface area contributed by atoms with Crippen molar-refractivity contribution in [1.29, 1.82) is 0 Å². The second kappa shape index (κ2) is 4.93. The maximum absolute atomic E-state index is 4.19. The minimum Gasteiger partial charge on any atom is -0.314 e. The Morgan fingerprint density at radius 2 is 2.19 bits per heavy atom. The summed E-state index contributed by atoms with van der Waals surface area (Å²) >= 11 is 3.45.